The highest BCUT2D eigenvalue weighted by Gasteiger charge is 2.36. The van der Waals surface area contributed by atoms with Crippen LogP contribution in [0.15, 0.2) is 12.2 Å². The second-order valence-corrected chi connectivity index (χ2v) is 12.1. The van der Waals surface area contributed by atoms with E-state index < -0.39 is 26.5 Å². The van der Waals surface area contributed by atoms with Crippen LogP contribution < -0.4 is 0 Å². The van der Waals surface area contributed by atoms with Crippen molar-refractivity contribution in [1.82, 2.24) is 0 Å². The van der Waals surface area contributed by atoms with Crippen molar-refractivity contribution >= 4 is 14.3 Å². The molecule has 23 heavy (non-hydrogen) atoms. The number of carbonyl (C=O) groups excluding carboxylic acids is 1. The van der Waals surface area contributed by atoms with Crippen LogP contribution >= 0.6 is 0 Å². The molecule has 0 saturated carbocycles. The van der Waals surface area contributed by atoms with E-state index in [9.17, 15) is 15.0 Å². The van der Waals surface area contributed by atoms with Crippen molar-refractivity contribution in [2.45, 2.75) is 77.3 Å². The number of hydrogen-bond donors (Lipinski definition) is 2. The topological polar surface area (TPSA) is 76.0 Å². The Bertz CT molecular complexity index is 374. The number of ether oxygens (including phenoxy) is 1. The van der Waals surface area contributed by atoms with Crippen LogP contribution in [0.2, 0.25) is 18.1 Å². The molecule has 2 atom stereocenters. The fourth-order valence-corrected chi connectivity index (χ4v) is 2.75. The molecular weight excluding hydrogens is 312 g/mol. The maximum absolute atomic E-state index is 11.1. The highest BCUT2D eigenvalue weighted by Crippen LogP contribution is 2.36. The number of unbranched alkanes of at least 4 members (excludes halogenated alkanes) is 1. The molecule has 0 aromatic carbocycles. The molecule has 0 saturated heterocycles. The number of rotatable bonds is 10. The predicted molar refractivity (Wildman–Crippen MR) is 94.8 cm³/mol. The number of esters is 1. The lowest BCUT2D eigenvalue weighted by molar-refractivity contribution is -0.137. The Morgan fingerprint density at radius 2 is 1.83 bits per heavy atom. The van der Waals surface area contributed by atoms with Gasteiger partial charge in [-0.05, 0) is 50.4 Å². The Morgan fingerprint density at radius 3 is 2.35 bits per heavy atom. The molecule has 6 heteroatoms. The molecule has 5 nitrogen and oxygen atoms in total. The normalized spacial score (nSPS) is 15.7. The van der Waals surface area contributed by atoms with Gasteiger partial charge in [0.2, 0.25) is 0 Å². The summed E-state index contributed by atoms with van der Waals surface area (Å²) in [5, 5.41) is 19.8. The number of aliphatic hydroxyl groups is 2. The zero-order valence-electron chi connectivity index (χ0n) is 15.5. The van der Waals surface area contributed by atoms with Crippen LogP contribution in [-0.2, 0) is 14.0 Å². The Morgan fingerprint density at radius 1 is 1.22 bits per heavy atom. The fraction of sp³-hybridized carbons (Fsp3) is 0.824. The summed E-state index contributed by atoms with van der Waals surface area (Å²) in [4.78, 5) is 11.1. The summed E-state index contributed by atoms with van der Waals surface area (Å²) in [5.41, 5.74) is 0. The largest absolute Gasteiger partial charge is 0.463 e. The molecular formula is C17H34O5Si. The van der Waals surface area contributed by atoms with E-state index in [1.165, 1.54) is 6.08 Å². The molecule has 0 aliphatic heterocycles. The fourth-order valence-electron chi connectivity index (χ4n) is 1.67. The predicted octanol–water partition coefficient (Wildman–Crippen LogP) is 3.02. The number of hydrogen-bond acceptors (Lipinski definition) is 5. The van der Waals surface area contributed by atoms with Crippen LogP contribution in [0.25, 0.3) is 0 Å². The van der Waals surface area contributed by atoms with Gasteiger partial charge in [-0.1, -0.05) is 20.8 Å². The first-order chi connectivity index (χ1) is 10.5. The quantitative estimate of drug-likeness (QED) is 0.275. The first-order valence-corrected chi connectivity index (χ1v) is 11.3. The Balaban J connectivity index is 3.99. The minimum absolute atomic E-state index is 0.195. The van der Waals surface area contributed by atoms with Gasteiger partial charge in [0, 0.05) is 12.7 Å². The lowest BCUT2D eigenvalue weighted by Gasteiger charge is -2.36. The minimum Gasteiger partial charge on any atom is -0.463 e. The first-order valence-electron chi connectivity index (χ1n) is 8.36. The van der Waals surface area contributed by atoms with Crippen molar-refractivity contribution in [2.75, 3.05) is 13.2 Å². The highest BCUT2D eigenvalue weighted by molar-refractivity contribution is 6.74. The summed E-state index contributed by atoms with van der Waals surface area (Å²) in [5.74, 6) is -0.512. The third-order valence-electron chi connectivity index (χ3n) is 4.27. The van der Waals surface area contributed by atoms with Crippen LogP contribution in [0.1, 0.15) is 47.0 Å². The van der Waals surface area contributed by atoms with E-state index in [0.29, 0.717) is 13.0 Å². The van der Waals surface area contributed by atoms with Gasteiger partial charge < -0.3 is 19.4 Å². The maximum atomic E-state index is 11.1. The second-order valence-electron chi connectivity index (χ2n) is 7.27. The van der Waals surface area contributed by atoms with E-state index >= 15 is 0 Å². The molecule has 0 aliphatic carbocycles. The van der Waals surface area contributed by atoms with Gasteiger partial charge in [-0.3, -0.25) is 0 Å². The van der Waals surface area contributed by atoms with E-state index in [4.69, 9.17) is 9.16 Å². The van der Waals surface area contributed by atoms with Crippen LogP contribution in [0.3, 0.4) is 0 Å². The molecule has 136 valence electrons. The lowest BCUT2D eigenvalue weighted by Crippen LogP contribution is -2.41. The number of carbonyl (C=O) groups is 1. The molecule has 0 fully saturated rings. The van der Waals surface area contributed by atoms with Gasteiger partial charge >= 0.3 is 5.97 Å². The van der Waals surface area contributed by atoms with E-state index in [-0.39, 0.29) is 11.6 Å². The van der Waals surface area contributed by atoms with Crippen molar-refractivity contribution in [2.24, 2.45) is 0 Å². The van der Waals surface area contributed by atoms with Gasteiger partial charge in [0.25, 0.3) is 0 Å². The van der Waals surface area contributed by atoms with Crippen LogP contribution in [0.5, 0.6) is 0 Å². The standard InChI is InChI=1S/C17H34O5Si/c1-7-21-16(20)12-11-15(19)14(18)10-8-9-13-22-23(5,6)17(2,3)4/h11-12,14-15,18-19H,7-10,13H2,1-6H3/b12-11+/t14-,15-/m0/s1. The Kier molecular flexibility index (Phi) is 9.92. The van der Waals surface area contributed by atoms with Gasteiger partial charge in [0.15, 0.2) is 8.32 Å². The molecule has 0 amide bonds. The van der Waals surface area contributed by atoms with E-state index in [2.05, 4.69) is 33.9 Å². The smallest absolute Gasteiger partial charge is 0.330 e. The molecule has 0 radical (unpaired) electrons. The van der Waals surface area contributed by atoms with E-state index in [1.807, 2.05) is 0 Å². The third kappa shape index (κ3) is 9.25. The number of aliphatic hydroxyl groups excluding tert-OH is 2. The zero-order chi connectivity index (χ0) is 18.1. The van der Waals surface area contributed by atoms with Crippen molar-refractivity contribution in [3.05, 3.63) is 12.2 Å². The summed E-state index contributed by atoms with van der Waals surface area (Å²) >= 11 is 0. The average molecular weight is 347 g/mol. The highest BCUT2D eigenvalue weighted by atomic mass is 28.4. The summed E-state index contributed by atoms with van der Waals surface area (Å²) in [7, 11) is -1.71. The SMILES string of the molecule is CCOC(=O)/C=C/[C@H](O)[C@@H](O)CCCCO[Si](C)(C)C(C)(C)C. The van der Waals surface area contributed by atoms with Crippen molar-refractivity contribution < 1.29 is 24.2 Å². The second kappa shape index (κ2) is 10.2. The van der Waals surface area contributed by atoms with Crippen LogP contribution in [0, 0.1) is 0 Å². The summed E-state index contributed by atoms with van der Waals surface area (Å²) in [6.45, 7) is 13.7. The zero-order valence-corrected chi connectivity index (χ0v) is 16.5. The average Bonchev–Trinajstić information content (AvgIpc) is 2.43. The Labute approximate surface area is 141 Å². The summed E-state index contributed by atoms with van der Waals surface area (Å²) in [6.07, 6.45) is 2.56. The summed E-state index contributed by atoms with van der Waals surface area (Å²) < 4.78 is 10.8. The molecule has 0 heterocycles. The molecule has 0 aromatic rings. The van der Waals surface area contributed by atoms with E-state index in [1.54, 1.807) is 6.92 Å². The molecule has 0 spiro atoms. The van der Waals surface area contributed by atoms with E-state index in [0.717, 1.165) is 18.9 Å². The first kappa shape index (κ1) is 22.3. The van der Waals surface area contributed by atoms with Crippen LogP contribution in [0.4, 0.5) is 0 Å². The molecule has 0 aliphatic rings. The molecule has 0 rings (SSSR count). The van der Waals surface area contributed by atoms with Gasteiger partial charge in [-0.25, -0.2) is 4.79 Å². The van der Waals surface area contributed by atoms with Crippen molar-refractivity contribution in [1.29, 1.82) is 0 Å². The molecule has 0 aromatic heterocycles. The van der Waals surface area contributed by atoms with Crippen molar-refractivity contribution in [3.63, 3.8) is 0 Å². The molecule has 0 unspecified atom stereocenters. The minimum atomic E-state index is -1.71. The van der Waals surface area contributed by atoms with Gasteiger partial charge in [-0.15, -0.1) is 0 Å². The monoisotopic (exact) mass is 346 g/mol. The van der Waals surface area contributed by atoms with Gasteiger partial charge in [0.05, 0.1) is 18.8 Å². The Hall–Kier alpha value is -0.693. The maximum Gasteiger partial charge on any atom is 0.330 e. The third-order valence-corrected chi connectivity index (χ3v) is 8.81. The summed E-state index contributed by atoms with van der Waals surface area (Å²) in [6, 6.07) is 0. The van der Waals surface area contributed by atoms with Gasteiger partial charge in [0.1, 0.15) is 0 Å². The van der Waals surface area contributed by atoms with Crippen molar-refractivity contribution in [3.8, 4) is 0 Å². The molecule has 0 bridgehead atoms. The van der Waals surface area contributed by atoms with Gasteiger partial charge in [-0.2, -0.15) is 0 Å². The molecule has 2 N–H and O–H groups in total. The van der Waals surface area contributed by atoms with Crippen LogP contribution in [-0.4, -0.2) is 49.9 Å². The lowest BCUT2D eigenvalue weighted by atomic mass is 10.1.